The molecule has 0 N–H and O–H groups in total. The molecule has 1 aromatic rings. The molecule has 0 atom stereocenters. The van der Waals surface area contributed by atoms with Gasteiger partial charge in [0.15, 0.2) is 0 Å². The molecule has 0 aliphatic rings. The lowest BCUT2D eigenvalue weighted by Gasteiger charge is -2.35. The Balaban J connectivity index is 3.68. The fourth-order valence-electron chi connectivity index (χ4n) is 1.92. The highest BCUT2D eigenvalue weighted by molar-refractivity contribution is 5.32. The zero-order chi connectivity index (χ0) is 26.0. The summed E-state index contributed by atoms with van der Waals surface area (Å²) >= 11 is 0. The van der Waals surface area contributed by atoms with Gasteiger partial charge in [-0.25, -0.2) is 0 Å². The summed E-state index contributed by atoms with van der Waals surface area (Å²) < 4.78 is 232. The van der Waals surface area contributed by atoms with E-state index in [4.69, 9.17) is 0 Å². The Kier molecular flexibility index (Phi) is 6.32. The first-order chi connectivity index (χ1) is 13.7. The van der Waals surface area contributed by atoms with E-state index in [9.17, 15) is 79.0 Å². The second-order valence-electron chi connectivity index (χ2n) is 5.92. The molecule has 1 radical (unpaired) electrons. The van der Waals surface area contributed by atoms with Crippen molar-refractivity contribution in [3.8, 4) is 0 Å². The number of hydrogen-bond acceptors (Lipinski definition) is 0. The molecule has 0 saturated carbocycles. The summed E-state index contributed by atoms with van der Waals surface area (Å²) in [5.41, 5.74) is -6.15. The highest BCUT2D eigenvalue weighted by atomic mass is 19.4. The molecule has 0 aromatic heterocycles. The maximum Gasteiger partial charge on any atom is 0.460 e. The second-order valence-corrected chi connectivity index (χ2v) is 5.92. The topological polar surface area (TPSA) is 0 Å². The molecule has 1 rings (SSSR count). The Labute approximate surface area is 163 Å². The maximum atomic E-state index is 13.7. The molecular weight excluding hydrogens is 510 g/mol. The van der Waals surface area contributed by atoms with Crippen molar-refractivity contribution in [2.24, 2.45) is 0 Å². The van der Waals surface area contributed by atoms with Gasteiger partial charge in [-0.1, -0.05) is 18.2 Å². The minimum Gasteiger partial charge on any atom is -0.194 e. The third kappa shape index (κ3) is 3.72. The van der Waals surface area contributed by atoms with Gasteiger partial charge in [0.2, 0.25) is 0 Å². The standard InChI is InChI=1S/C14H3F18/c15-7(16,9(19,20)11(23,24)13(27,28)29)5-2-1-3-6(4-5)8(17,18)10(21,22)12(25,26)14(30,31)32/h1-3H. The molecule has 0 nitrogen and oxygen atoms in total. The molecule has 0 aliphatic carbocycles. The van der Waals surface area contributed by atoms with Crippen LogP contribution in [0.5, 0.6) is 0 Å². The van der Waals surface area contributed by atoms with E-state index in [1.54, 1.807) is 0 Å². The summed E-state index contributed by atoms with van der Waals surface area (Å²) in [5.74, 6) is -43.7. The summed E-state index contributed by atoms with van der Waals surface area (Å²) in [6.07, 6.45) is -14.7. The van der Waals surface area contributed by atoms with Gasteiger partial charge in [-0.05, 0) is 0 Å². The molecule has 0 bridgehead atoms. The van der Waals surface area contributed by atoms with Crippen molar-refractivity contribution < 1.29 is 79.0 Å². The lowest BCUT2D eigenvalue weighted by Crippen LogP contribution is -2.60. The largest absolute Gasteiger partial charge is 0.460 e. The smallest absolute Gasteiger partial charge is 0.194 e. The molecule has 32 heavy (non-hydrogen) atoms. The Hall–Kier alpha value is -2.04. The van der Waals surface area contributed by atoms with Crippen LogP contribution in [0, 0.1) is 6.07 Å². The Morgan fingerprint density at radius 1 is 0.406 bits per heavy atom. The highest BCUT2D eigenvalue weighted by Crippen LogP contribution is 2.59. The first kappa shape index (κ1) is 28.0. The van der Waals surface area contributed by atoms with Crippen LogP contribution in [0.15, 0.2) is 18.2 Å². The maximum absolute atomic E-state index is 13.7. The summed E-state index contributed by atoms with van der Waals surface area (Å²) in [4.78, 5) is 0. The molecule has 0 saturated heterocycles. The predicted molar refractivity (Wildman–Crippen MR) is 65.0 cm³/mol. The zero-order valence-corrected chi connectivity index (χ0v) is 14.0. The molecule has 1 aromatic carbocycles. The van der Waals surface area contributed by atoms with Crippen molar-refractivity contribution in [1.29, 1.82) is 0 Å². The van der Waals surface area contributed by atoms with Crippen LogP contribution in [0.25, 0.3) is 0 Å². The Bertz CT molecular complexity index is 762. The lowest BCUT2D eigenvalue weighted by molar-refractivity contribution is -0.400. The Morgan fingerprint density at radius 2 is 0.656 bits per heavy atom. The van der Waals surface area contributed by atoms with Crippen molar-refractivity contribution in [2.75, 3.05) is 0 Å². The average Bonchev–Trinajstić information content (AvgIpc) is 2.59. The van der Waals surface area contributed by atoms with E-state index in [1.807, 2.05) is 0 Å². The van der Waals surface area contributed by atoms with E-state index in [0.717, 1.165) is 0 Å². The van der Waals surface area contributed by atoms with Gasteiger partial charge >= 0.3 is 47.9 Å². The summed E-state index contributed by atoms with van der Waals surface area (Å²) in [6.45, 7) is 0. The molecule has 0 fully saturated rings. The highest BCUT2D eigenvalue weighted by Gasteiger charge is 2.83. The summed E-state index contributed by atoms with van der Waals surface area (Å²) in [7, 11) is 0. The van der Waals surface area contributed by atoms with Crippen molar-refractivity contribution in [3.63, 3.8) is 0 Å². The first-order valence-electron chi connectivity index (χ1n) is 7.15. The van der Waals surface area contributed by atoms with Crippen molar-refractivity contribution in [2.45, 2.75) is 47.9 Å². The predicted octanol–water partition coefficient (Wildman–Crippen LogP) is 7.34. The summed E-state index contributed by atoms with van der Waals surface area (Å²) in [6, 6.07) is -1.51. The van der Waals surface area contributed by atoms with Gasteiger partial charge < -0.3 is 0 Å². The average molecular weight is 513 g/mol. The van der Waals surface area contributed by atoms with Crippen LogP contribution in [0.4, 0.5) is 79.0 Å². The normalized spacial score (nSPS) is 15.8. The van der Waals surface area contributed by atoms with E-state index in [-0.39, 0.29) is 6.07 Å². The third-order valence-corrected chi connectivity index (χ3v) is 3.76. The molecule has 0 heterocycles. The number of alkyl halides is 18. The minimum absolute atomic E-state index is 0.123. The number of rotatable bonds is 6. The summed E-state index contributed by atoms with van der Waals surface area (Å²) in [5, 5.41) is 0. The van der Waals surface area contributed by atoms with Gasteiger partial charge in [0.05, 0.1) is 0 Å². The second kappa shape index (κ2) is 7.23. The van der Waals surface area contributed by atoms with Crippen LogP contribution in [-0.2, 0) is 11.8 Å². The van der Waals surface area contributed by atoms with Gasteiger partial charge in [0.25, 0.3) is 0 Å². The number of benzene rings is 1. The molecule has 185 valence electrons. The first-order valence-corrected chi connectivity index (χ1v) is 7.15. The van der Waals surface area contributed by atoms with Gasteiger partial charge in [-0.3, -0.25) is 0 Å². The van der Waals surface area contributed by atoms with Crippen molar-refractivity contribution >= 4 is 0 Å². The van der Waals surface area contributed by atoms with Crippen LogP contribution < -0.4 is 0 Å². The quantitative estimate of drug-likeness (QED) is 0.350. The van der Waals surface area contributed by atoms with Gasteiger partial charge in [-0.2, -0.15) is 79.0 Å². The third-order valence-electron chi connectivity index (χ3n) is 3.76. The molecule has 0 spiro atoms. The molecule has 0 unspecified atom stereocenters. The van der Waals surface area contributed by atoms with Crippen molar-refractivity contribution in [3.05, 3.63) is 35.4 Å². The van der Waals surface area contributed by atoms with Crippen LogP contribution in [0.1, 0.15) is 11.1 Å². The van der Waals surface area contributed by atoms with Gasteiger partial charge in [0.1, 0.15) is 0 Å². The SMILES string of the molecule is FC(F)(F)C(F)(F)C(F)(F)C(F)(F)c1[c]c(C(F)(F)C(F)(F)C(F)(F)C(F)(F)F)ccc1. The number of halogens is 18. The van der Waals surface area contributed by atoms with Gasteiger partial charge in [0, 0.05) is 17.2 Å². The van der Waals surface area contributed by atoms with Crippen LogP contribution in [0.2, 0.25) is 0 Å². The van der Waals surface area contributed by atoms with E-state index in [1.165, 1.54) is 0 Å². The minimum atomic E-state index is -7.55. The van der Waals surface area contributed by atoms with E-state index in [2.05, 4.69) is 0 Å². The van der Waals surface area contributed by atoms with Crippen LogP contribution in [-0.4, -0.2) is 36.0 Å². The van der Waals surface area contributed by atoms with Crippen LogP contribution in [0.3, 0.4) is 0 Å². The molecule has 0 amide bonds. The van der Waals surface area contributed by atoms with E-state index >= 15 is 0 Å². The van der Waals surface area contributed by atoms with E-state index in [0.29, 0.717) is 0 Å². The molecule has 18 heteroatoms. The fourth-order valence-corrected chi connectivity index (χ4v) is 1.92. The van der Waals surface area contributed by atoms with Crippen LogP contribution >= 0.6 is 0 Å². The Morgan fingerprint density at radius 3 is 0.875 bits per heavy atom. The lowest BCUT2D eigenvalue weighted by atomic mass is 9.91. The number of hydrogen-bond donors (Lipinski definition) is 0. The van der Waals surface area contributed by atoms with E-state index < -0.39 is 77.2 Å². The van der Waals surface area contributed by atoms with Crippen molar-refractivity contribution in [1.82, 2.24) is 0 Å². The fraction of sp³-hybridized carbons (Fsp3) is 0.571. The van der Waals surface area contributed by atoms with Gasteiger partial charge in [-0.15, -0.1) is 0 Å². The molecular formula is C14H3F18. The molecule has 0 aliphatic heterocycles. The monoisotopic (exact) mass is 513 g/mol. The zero-order valence-electron chi connectivity index (χ0n) is 14.0.